The number of methoxy groups -OCH3 is 1. The van der Waals surface area contributed by atoms with Gasteiger partial charge in [0.1, 0.15) is 5.75 Å². The predicted octanol–water partition coefficient (Wildman–Crippen LogP) is 2.71. The molecule has 1 aromatic rings. The van der Waals surface area contributed by atoms with Gasteiger partial charge in [-0.15, -0.1) is 0 Å². The SMILES string of the molecule is COc1cccc(CCNC(=O)C[C@H]2C=CCC2)c1. The van der Waals surface area contributed by atoms with Crippen LogP contribution in [0.15, 0.2) is 36.4 Å². The monoisotopic (exact) mass is 259 g/mol. The van der Waals surface area contributed by atoms with Gasteiger partial charge < -0.3 is 10.1 Å². The Morgan fingerprint density at radius 2 is 2.37 bits per heavy atom. The molecule has 3 nitrogen and oxygen atoms in total. The first-order chi connectivity index (χ1) is 9.28. The first-order valence-electron chi connectivity index (χ1n) is 6.84. The van der Waals surface area contributed by atoms with E-state index in [0.29, 0.717) is 18.9 Å². The van der Waals surface area contributed by atoms with E-state index in [2.05, 4.69) is 17.5 Å². The third-order valence-electron chi connectivity index (χ3n) is 3.43. The van der Waals surface area contributed by atoms with Crippen molar-refractivity contribution in [3.63, 3.8) is 0 Å². The summed E-state index contributed by atoms with van der Waals surface area (Å²) < 4.78 is 5.18. The Morgan fingerprint density at radius 3 is 3.11 bits per heavy atom. The second-order valence-corrected chi connectivity index (χ2v) is 4.92. The number of benzene rings is 1. The van der Waals surface area contributed by atoms with E-state index in [1.165, 1.54) is 5.56 Å². The van der Waals surface area contributed by atoms with Crippen molar-refractivity contribution in [3.05, 3.63) is 42.0 Å². The number of nitrogens with one attached hydrogen (secondary N) is 1. The van der Waals surface area contributed by atoms with E-state index in [1.54, 1.807) is 7.11 Å². The molecule has 2 rings (SSSR count). The molecule has 0 saturated heterocycles. The quantitative estimate of drug-likeness (QED) is 0.798. The Balaban J connectivity index is 1.70. The van der Waals surface area contributed by atoms with Crippen molar-refractivity contribution in [3.8, 4) is 5.75 Å². The molecule has 1 aromatic carbocycles. The third-order valence-corrected chi connectivity index (χ3v) is 3.43. The Labute approximate surface area is 114 Å². The van der Waals surface area contributed by atoms with Crippen LogP contribution in [0.3, 0.4) is 0 Å². The van der Waals surface area contributed by atoms with Gasteiger partial charge in [0.2, 0.25) is 5.91 Å². The standard InChI is InChI=1S/C16H21NO2/c1-19-15-8-4-7-14(11-15)9-10-17-16(18)12-13-5-2-3-6-13/h2,4-5,7-8,11,13H,3,6,9-10,12H2,1H3,(H,17,18)/t13-/m0/s1. The van der Waals surface area contributed by atoms with E-state index in [-0.39, 0.29) is 5.91 Å². The number of ether oxygens (including phenoxy) is 1. The third kappa shape index (κ3) is 4.43. The van der Waals surface area contributed by atoms with Crippen LogP contribution in [0.2, 0.25) is 0 Å². The molecule has 1 atom stereocenters. The fourth-order valence-electron chi connectivity index (χ4n) is 2.35. The van der Waals surface area contributed by atoms with Crippen LogP contribution in [0.5, 0.6) is 5.75 Å². The molecular formula is C16H21NO2. The van der Waals surface area contributed by atoms with Crippen LogP contribution in [0, 0.1) is 5.92 Å². The summed E-state index contributed by atoms with van der Waals surface area (Å²) >= 11 is 0. The van der Waals surface area contributed by atoms with Gasteiger partial charge in [-0.25, -0.2) is 0 Å². The minimum absolute atomic E-state index is 0.152. The van der Waals surface area contributed by atoms with Gasteiger partial charge in [0, 0.05) is 13.0 Å². The van der Waals surface area contributed by atoms with Gasteiger partial charge in [0.15, 0.2) is 0 Å². The minimum Gasteiger partial charge on any atom is -0.497 e. The minimum atomic E-state index is 0.152. The Bertz CT molecular complexity index is 454. The van der Waals surface area contributed by atoms with Gasteiger partial charge in [-0.05, 0) is 42.9 Å². The summed E-state index contributed by atoms with van der Waals surface area (Å²) in [6.07, 6.45) is 8.00. The van der Waals surface area contributed by atoms with Crippen molar-refractivity contribution in [2.24, 2.45) is 5.92 Å². The van der Waals surface area contributed by atoms with E-state index in [0.717, 1.165) is 25.0 Å². The zero-order chi connectivity index (χ0) is 13.5. The average molecular weight is 259 g/mol. The van der Waals surface area contributed by atoms with Crippen molar-refractivity contribution in [1.82, 2.24) is 5.32 Å². The van der Waals surface area contributed by atoms with Crippen LogP contribution in [0.25, 0.3) is 0 Å². The fraction of sp³-hybridized carbons (Fsp3) is 0.438. The maximum Gasteiger partial charge on any atom is 0.220 e. The molecule has 0 fully saturated rings. The molecule has 0 heterocycles. The lowest BCUT2D eigenvalue weighted by atomic mass is 10.0. The largest absolute Gasteiger partial charge is 0.497 e. The molecule has 0 aromatic heterocycles. The molecule has 0 bridgehead atoms. The maximum absolute atomic E-state index is 11.7. The number of allylic oxidation sites excluding steroid dienone is 2. The summed E-state index contributed by atoms with van der Waals surface area (Å²) in [6, 6.07) is 7.95. The molecule has 0 spiro atoms. The van der Waals surface area contributed by atoms with Crippen LogP contribution >= 0.6 is 0 Å². The zero-order valence-corrected chi connectivity index (χ0v) is 11.4. The molecule has 1 amide bonds. The summed E-state index contributed by atoms with van der Waals surface area (Å²) in [6.45, 7) is 0.683. The average Bonchev–Trinajstić information content (AvgIpc) is 2.92. The Kier molecular flexibility index (Phi) is 5.01. The summed E-state index contributed by atoms with van der Waals surface area (Å²) in [5, 5.41) is 2.98. The lowest BCUT2D eigenvalue weighted by Crippen LogP contribution is -2.26. The van der Waals surface area contributed by atoms with Crippen LogP contribution in [-0.2, 0) is 11.2 Å². The van der Waals surface area contributed by atoms with Gasteiger partial charge in [0.25, 0.3) is 0 Å². The van der Waals surface area contributed by atoms with E-state index in [9.17, 15) is 4.79 Å². The fourth-order valence-corrected chi connectivity index (χ4v) is 2.35. The lowest BCUT2D eigenvalue weighted by molar-refractivity contribution is -0.121. The molecule has 3 heteroatoms. The topological polar surface area (TPSA) is 38.3 Å². The summed E-state index contributed by atoms with van der Waals surface area (Å²) in [7, 11) is 1.66. The molecule has 102 valence electrons. The molecule has 0 unspecified atom stereocenters. The molecule has 0 aliphatic heterocycles. The summed E-state index contributed by atoms with van der Waals surface area (Å²) in [5.41, 5.74) is 1.18. The van der Waals surface area contributed by atoms with Crippen molar-refractivity contribution in [2.45, 2.75) is 25.7 Å². The van der Waals surface area contributed by atoms with Gasteiger partial charge in [0.05, 0.1) is 7.11 Å². The maximum atomic E-state index is 11.7. The number of hydrogen-bond acceptors (Lipinski definition) is 2. The highest BCUT2D eigenvalue weighted by Crippen LogP contribution is 2.20. The van der Waals surface area contributed by atoms with Gasteiger partial charge in [-0.1, -0.05) is 24.3 Å². The second-order valence-electron chi connectivity index (χ2n) is 4.92. The van der Waals surface area contributed by atoms with Crippen molar-refractivity contribution < 1.29 is 9.53 Å². The van der Waals surface area contributed by atoms with Crippen molar-refractivity contribution >= 4 is 5.91 Å². The first-order valence-corrected chi connectivity index (χ1v) is 6.84. The van der Waals surface area contributed by atoms with Crippen molar-refractivity contribution in [2.75, 3.05) is 13.7 Å². The lowest BCUT2D eigenvalue weighted by Gasteiger charge is -2.09. The second kappa shape index (κ2) is 6.98. The molecule has 19 heavy (non-hydrogen) atoms. The molecule has 1 N–H and O–H groups in total. The van der Waals surface area contributed by atoms with Gasteiger partial charge >= 0.3 is 0 Å². The van der Waals surface area contributed by atoms with Gasteiger partial charge in [-0.2, -0.15) is 0 Å². The van der Waals surface area contributed by atoms with E-state index < -0.39 is 0 Å². The number of amides is 1. The summed E-state index contributed by atoms with van der Waals surface area (Å²) in [5.74, 6) is 1.45. The first kappa shape index (κ1) is 13.7. The van der Waals surface area contributed by atoms with Crippen molar-refractivity contribution in [1.29, 1.82) is 0 Å². The highest BCUT2D eigenvalue weighted by Gasteiger charge is 2.13. The van der Waals surface area contributed by atoms with E-state index >= 15 is 0 Å². The smallest absolute Gasteiger partial charge is 0.220 e. The number of rotatable bonds is 6. The Morgan fingerprint density at radius 1 is 1.47 bits per heavy atom. The normalized spacial score (nSPS) is 17.4. The highest BCUT2D eigenvalue weighted by atomic mass is 16.5. The van der Waals surface area contributed by atoms with Crippen LogP contribution < -0.4 is 10.1 Å². The number of carbonyl (C=O) groups excluding carboxylic acids is 1. The Hall–Kier alpha value is -1.77. The highest BCUT2D eigenvalue weighted by molar-refractivity contribution is 5.76. The summed E-state index contributed by atoms with van der Waals surface area (Å²) in [4.78, 5) is 11.7. The van der Waals surface area contributed by atoms with Gasteiger partial charge in [-0.3, -0.25) is 4.79 Å². The molecular weight excluding hydrogens is 238 g/mol. The van der Waals surface area contributed by atoms with Crippen LogP contribution in [-0.4, -0.2) is 19.6 Å². The molecule has 0 saturated carbocycles. The van der Waals surface area contributed by atoms with E-state index in [4.69, 9.17) is 4.74 Å². The molecule has 1 aliphatic rings. The number of carbonyl (C=O) groups is 1. The van der Waals surface area contributed by atoms with E-state index in [1.807, 2.05) is 24.3 Å². The van der Waals surface area contributed by atoms with Crippen LogP contribution in [0.4, 0.5) is 0 Å². The van der Waals surface area contributed by atoms with Crippen LogP contribution in [0.1, 0.15) is 24.8 Å². The predicted molar refractivity (Wildman–Crippen MR) is 76.2 cm³/mol. The zero-order valence-electron chi connectivity index (χ0n) is 11.4. The molecule has 1 aliphatic carbocycles. The molecule has 0 radical (unpaired) electrons. The number of hydrogen-bond donors (Lipinski definition) is 1.